The van der Waals surface area contributed by atoms with Crippen LogP contribution in [0.2, 0.25) is 0 Å². The monoisotopic (exact) mass is 1330 g/mol. The first-order valence-corrected chi connectivity index (χ1v) is 36.5. The van der Waals surface area contributed by atoms with Gasteiger partial charge in [0.2, 0.25) is 0 Å². The Hall–Kier alpha value is -10.6. The first-order chi connectivity index (χ1) is 48.9. The van der Waals surface area contributed by atoms with Gasteiger partial charge in [0.15, 0.2) is 0 Å². The van der Waals surface area contributed by atoms with Crippen molar-refractivity contribution in [1.29, 1.82) is 0 Å². The number of unbranched alkanes of at least 4 members (excludes halogenated alkanes) is 8. The number of allylic oxidation sites excluding steroid dienone is 4. The minimum absolute atomic E-state index is 0.0342. The zero-order valence-electron chi connectivity index (χ0n) is 60.5. The summed E-state index contributed by atoms with van der Waals surface area (Å²) in [5.74, 6) is 41.5. The number of anilines is 4. The van der Waals surface area contributed by atoms with Crippen LogP contribution in [0.3, 0.4) is 0 Å². The Labute approximate surface area is 598 Å². The zero-order valence-corrected chi connectivity index (χ0v) is 60.5. The molecule has 0 aliphatic carbocycles. The van der Waals surface area contributed by atoms with Crippen LogP contribution >= 0.6 is 0 Å². The van der Waals surface area contributed by atoms with Crippen molar-refractivity contribution in [2.24, 2.45) is 0 Å². The number of non-ortho nitro benzene ring substituents is 2. The van der Waals surface area contributed by atoms with Gasteiger partial charge in [-0.1, -0.05) is 202 Å². The van der Waals surface area contributed by atoms with Crippen LogP contribution in [-0.2, 0) is 0 Å². The second-order valence-corrected chi connectivity index (χ2v) is 25.1. The van der Waals surface area contributed by atoms with Crippen LogP contribution < -0.4 is 19.6 Å². The molecule has 100 heavy (non-hydrogen) atoms. The Morgan fingerprint density at radius 1 is 0.270 bits per heavy atom. The van der Waals surface area contributed by atoms with Gasteiger partial charge in [0.05, 0.1) is 32.1 Å². The van der Waals surface area contributed by atoms with Crippen molar-refractivity contribution >= 4 is 45.3 Å². The van der Waals surface area contributed by atoms with Gasteiger partial charge in [0, 0.05) is 133 Å². The Kier molecular flexibility index (Phi) is 32.9. The molecule has 514 valence electrons. The molecule has 0 amide bonds. The summed E-state index contributed by atoms with van der Waals surface area (Å²) in [5.41, 5.74) is 12.5. The predicted octanol–water partition coefficient (Wildman–Crippen LogP) is 20.9. The quantitative estimate of drug-likeness (QED) is 0.0234. The van der Waals surface area contributed by atoms with Crippen molar-refractivity contribution < 1.29 is 9.85 Å². The first-order valence-electron chi connectivity index (χ1n) is 36.5. The van der Waals surface area contributed by atoms with Crippen LogP contribution in [0.15, 0.2) is 181 Å². The van der Waals surface area contributed by atoms with Gasteiger partial charge in [-0.25, -0.2) is 0 Å². The molecule has 7 aromatic rings. The molecule has 0 heterocycles. The molecule has 7 rings (SSSR count). The van der Waals surface area contributed by atoms with Gasteiger partial charge < -0.3 is 19.6 Å². The molecule has 0 saturated carbocycles. The lowest BCUT2D eigenvalue weighted by atomic mass is 9.94. The molecule has 0 unspecified atom stereocenters. The number of hydrogen-bond acceptors (Lipinski definition) is 8. The van der Waals surface area contributed by atoms with Gasteiger partial charge in [0.25, 0.3) is 11.4 Å². The number of nitro groups is 2. The third-order valence-electron chi connectivity index (χ3n) is 17.3. The fraction of sp³-hybridized carbons (Fsp3) is 0.356. The summed E-state index contributed by atoms with van der Waals surface area (Å²) in [7, 11) is 0. The fourth-order valence-electron chi connectivity index (χ4n) is 11.1. The summed E-state index contributed by atoms with van der Waals surface area (Å²) in [4.78, 5) is 32.6. The summed E-state index contributed by atoms with van der Waals surface area (Å²) < 4.78 is 0. The topological polar surface area (TPSA) is 99.2 Å². The average Bonchev–Trinajstić information content (AvgIpc) is 0.840. The molecule has 0 spiro atoms. The highest BCUT2D eigenvalue weighted by molar-refractivity contribution is 5.91. The van der Waals surface area contributed by atoms with E-state index in [9.17, 15) is 20.2 Å². The molecule has 0 aliphatic rings. The Bertz CT molecular complexity index is 3720. The minimum Gasteiger partial charge on any atom is -0.372 e. The summed E-state index contributed by atoms with van der Waals surface area (Å²) >= 11 is 0. The van der Waals surface area contributed by atoms with Crippen LogP contribution in [0.1, 0.15) is 203 Å². The zero-order chi connectivity index (χ0) is 71.1. The fourth-order valence-corrected chi connectivity index (χ4v) is 11.1. The molecule has 0 radical (unpaired) electrons. The van der Waals surface area contributed by atoms with Gasteiger partial charge in [-0.05, 0) is 184 Å². The van der Waals surface area contributed by atoms with E-state index in [2.05, 4.69) is 243 Å². The summed E-state index contributed by atoms with van der Waals surface area (Å²) in [6, 6.07) is 54.2. The highest BCUT2D eigenvalue weighted by Crippen LogP contribution is 2.28. The molecule has 0 atom stereocenters. The van der Waals surface area contributed by atoms with E-state index in [1.807, 2.05) is 24.3 Å². The molecule has 0 aliphatic heterocycles. The summed E-state index contributed by atoms with van der Waals surface area (Å²) in [6.45, 7) is 25.7. The van der Waals surface area contributed by atoms with Crippen molar-refractivity contribution in [1.82, 2.24) is 0 Å². The van der Waals surface area contributed by atoms with E-state index >= 15 is 0 Å². The molecule has 10 heteroatoms. The predicted molar refractivity (Wildman–Crippen MR) is 422 cm³/mol. The maximum atomic E-state index is 11.8. The number of rotatable bonds is 32. The van der Waals surface area contributed by atoms with Crippen molar-refractivity contribution in [2.75, 3.05) is 72.0 Å². The lowest BCUT2D eigenvalue weighted by molar-refractivity contribution is -0.385. The second kappa shape index (κ2) is 42.9. The van der Waals surface area contributed by atoms with E-state index in [0.717, 1.165) is 200 Å². The highest BCUT2D eigenvalue weighted by Gasteiger charge is 2.14. The van der Waals surface area contributed by atoms with Crippen LogP contribution in [-0.4, -0.2) is 62.2 Å². The Balaban J connectivity index is 1.48. The van der Waals surface area contributed by atoms with E-state index in [-0.39, 0.29) is 11.4 Å². The van der Waals surface area contributed by atoms with Crippen LogP contribution in [0.4, 0.5) is 34.1 Å². The van der Waals surface area contributed by atoms with E-state index in [0.29, 0.717) is 44.5 Å². The number of hydrogen-bond donors (Lipinski definition) is 0. The first kappa shape index (κ1) is 76.7. The van der Waals surface area contributed by atoms with E-state index in [1.54, 1.807) is 24.3 Å². The molecule has 0 saturated heterocycles. The molecule has 0 fully saturated rings. The van der Waals surface area contributed by atoms with Crippen molar-refractivity contribution in [3.63, 3.8) is 0 Å². The maximum Gasteiger partial charge on any atom is 0.269 e. The van der Waals surface area contributed by atoms with E-state index in [4.69, 9.17) is 0 Å². The normalized spacial score (nSPS) is 10.2. The maximum absolute atomic E-state index is 11.8. The van der Waals surface area contributed by atoms with Crippen LogP contribution in [0, 0.1) is 91.3 Å². The molecule has 7 aromatic carbocycles. The molecule has 10 nitrogen and oxygen atoms in total. The van der Waals surface area contributed by atoms with Gasteiger partial charge in [-0.3, -0.25) is 20.2 Å². The smallest absolute Gasteiger partial charge is 0.269 e. The lowest BCUT2D eigenvalue weighted by Gasteiger charge is -2.24. The number of nitrogens with zero attached hydrogens (tertiary/aromatic N) is 6. The lowest BCUT2D eigenvalue weighted by Crippen LogP contribution is -2.25. The van der Waals surface area contributed by atoms with Crippen LogP contribution in [0.5, 0.6) is 0 Å². The molecular weight excluding hydrogens is 1230 g/mol. The van der Waals surface area contributed by atoms with Crippen molar-refractivity contribution in [3.05, 3.63) is 246 Å². The summed E-state index contributed by atoms with van der Waals surface area (Å²) in [5, 5.41) is 23.6. The van der Waals surface area contributed by atoms with Crippen molar-refractivity contribution in [3.8, 4) is 71.0 Å². The second-order valence-electron chi connectivity index (χ2n) is 25.1. The molecular formula is C90H100N6O4. The molecule has 0 N–H and O–H groups in total. The summed E-state index contributed by atoms with van der Waals surface area (Å²) in [6.07, 6.45) is 17.8. The third kappa shape index (κ3) is 25.0. The minimum atomic E-state index is -0.418. The SMILES string of the molecule is CCCCN(CCCC)c1ccc(C#CC(C#Cc2ccc(N(CCCC)CCCC)cc2)=C(C#Cc2ccc([N+](=O)[O-])cc2)c2ccc(C(C#Cc3ccc([N+](=O)[O-])cc3)=C(C#Cc3ccc(N(CCCC)CCCC)cc3)C#Cc3ccc(N(CCCC)CCCC)cc3)cc2)cc1. The van der Waals surface area contributed by atoms with Crippen LogP contribution in [0.25, 0.3) is 11.1 Å². The largest absolute Gasteiger partial charge is 0.372 e. The Morgan fingerprint density at radius 3 is 0.630 bits per heavy atom. The highest BCUT2D eigenvalue weighted by atomic mass is 16.6. The number of benzene rings is 7. The van der Waals surface area contributed by atoms with Gasteiger partial charge >= 0.3 is 0 Å². The van der Waals surface area contributed by atoms with Gasteiger partial charge in [-0.15, -0.1) is 0 Å². The average molecular weight is 1330 g/mol. The molecule has 0 aromatic heterocycles. The van der Waals surface area contributed by atoms with Crippen molar-refractivity contribution in [2.45, 2.75) is 158 Å². The third-order valence-corrected chi connectivity index (χ3v) is 17.3. The Morgan fingerprint density at radius 2 is 0.450 bits per heavy atom. The van der Waals surface area contributed by atoms with Gasteiger partial charge in [0.1, 0.15) is 0 Å². The number of nitro benzene ring substituents is 2. The van der Waals surface area contributed by atoms with Gasteiger partial charge in [-0.2, -0.15) is 0 Å². The van der Waals surface area contributed by atoms with E-state index < -0.39 is 9.85 Å². The standard InChI is InChI=1S/C90H100N6O4/c1-9-17-65-91(66-18-10-2)83-51-29-73(30-52-83)25-43-79(44-26-74-31-53-84(54-32-74)92(67-19-11-3)68-20-12-4)89(63-41-77-37-59-87(60-38-77)95(97)98)81-47-49-82(50-48-81)90(64-42-78-39-61-88(62-40-78)96(99)100)80(45-27-75-33-55-85(56-34-75)93(69-21-13-5)70-22-14-6)46-28-76-35-57-86(58-36-76)94(71-23-15-7)72-24-16-8/h29-40,47-62H,9-24,65-72H2,1-8H3. The molecule has 0 bridgehead atoms. The van der Waals surface area contributed by atoms with E-state index in [1.165, 1.54) is 24.3 Å².